The molecule has 1 aromatic rings. The van der Waals surface area contributed by atoms with Crippen LogP contribution in [0.5, 0.6) is 0 Å². The third-order valence-corrected chi connectivity index (χ3v) is 6.68. The minimum Gasteiger partial charge on any atom is -0.360 e. The Morgan fingerprint density at radius 3 is 2.79 bits per heavy atom. The highest BCUT2D eigenvalue weighted by Crippen LogP contribution is 2.41. The first kappa shape index (κ1) is 13.5. The van der Waals surface area contributed by atoms with Gasteiger partial charge in [-0.3, -0.25) is 4.99 Å². The van der Waals surface area contributed by atoms with Crippen LogP contribution >= 0.6 is 23.1 Å². The van der Waals surface area contributed by atoms with Crippen molar-refractivity contribution in [3.63, 3.8) is 0 Å². The Hall–Kier alpha value is -0.480. The van der Waals surface area contributed by atoms with E-state index in [0.29, 0.717) is 5.41 Å². The summed E-state index contributed by atoms with van der Waals surface area (Å²) in [6.45, 7) is 4.16. The second-order valence-corrected chi connectivity index (χ2v) is 7.82. The molecule has 4 heteroatoms. The first-order valence-corrected chi connectivity index (χ1v) is 9.08. The maximum atomic E-state index is 4.81. The zero-order chi connectivity index (χ0) is 13.1. The monoisotopic (exact) mass is 294 g/mol. The Morgan fingerprint density at radius 1 is 1.32 bits per heavy atom. The summed E-state index contributed by atoms with van der Waals surface area (Å²) in [5.74, 6) is 1.27. The van der Waals surface area contributed by atoms with Gasteiger partial charge in [-0.25, -0.2) is 0 Å². The second-order valence-electron chi connectivity index (χ2n) is 5.85. The fourth-order valence-corrected chi connectivity index (χ4v) is 5.00. The van der Waals surface area contributed by atoms with Gasteiger partial charge in [-0.1, -0.05) is 31.0 Å². The summed E-state index contributed by atoms with van der Waals surface area (Å²) < 4.78 is 0. The lowest BCUT2D eigenvalue weighted by Crippen LogP contribution is -2.36. The molecule has 3 rings (SSSR count). The van der Waals surface area contributed by atoms with Gasteiger partial charge in [-0.05, 0) is 42.2 Å². The molecule has 0 unspecified atom stereocenters. The average molecular weight is 294 g/mol. The van der Waals surface area contributed by atoms with E-state index < -0.39 is 0 Å². The number of nitrogens with one attached hydrogen (secondary N) is 1. The first-order valence-electron chi connectivity index (χ1n) is 7.22. The van der Waals surface area contributed by atoms with Crippen LogP contribution in [0.4, 0.5) is 0 Å². The zero-order valence-electron chi connectivity index (χ0n) is 11.6. The summed E-state index contributed by atoms with van der Waals surface area (Å²) in [6, 6.07) is 2.19. The van der Waals surface area contributed by atoms with Gasteiger partial charge in [-0.2, -0.15) is 0 Å². The molecule has 2 aliphatic rings. The molecular formula is C15H22N2S2. The molecule has 2 heterocycles. The van der Waals surface area contributed by atoms with E-state index in [1.807, 2.05) is 23.1 Å². The van der Waals surface area contributed by atoms with Crippen LogP contribution in [0, 0.1) is 12.3 Å². The van der Waals surface area contributed by atoms with Gasteiger partial charge in [-0.15, -0.1) is 11.3 Å². The number of rotatable bonds is 2. The predicted molar refractivity (Wildman–Crippen MR) is 86.2 cm³/mol. The average Bonchev–Trinajstić information content (AvgIpc) is 2.85. The second kappa shape index (κ2) is 5.88. The smallest absolute Gasteiger partial charge is 0.156 e. The van der Waals surface area contributed by atoms with Crippen molar-refractivity contribution in [3.8, 4) is 0 Å². The van der Waals surface area contributed by atoms with E-state index in [-0.39, 0.29) is 0 Å². The predicted octanol–water partition coefficient (Wildman–Crippen LogP) is 4.20. The van der Waals surface area contributed by atoms with Crippen molar-refractivity contribution in [3.05, 3.63) is 21.9 Å². The van der Waals surface area contributed by atoms with Crippen LogP contribution in [0.15, 0.2) is 16.4 Å². The summed E-state index contributed by atoms with van der Waals surface area (Å²) in [4.78, 5) is 6.24. The molecule has 1 fully saturated rings. The molecule has 104 valence electrons. The Labute approximate surface area is 124 Å². The number of hydrogen-bond donors (Lipinski definition) is 1. The van der Waals surface area contributed by atoms with Gasteiger partial charge in [0.25, 0.3) is 0 Å². The van der Waals surface area contributed by atoms with E-state index in [2.05, 4.69) is 23.7 Å². The van der Waals surface area contributed by atoms with E-state index in [1.165, 1.54) is 48.3 Å². The quantitative estimate of drug-likeness (QED) is 0.884. The first-order chi connectivity index (χ1) is 9.27. The summed E-state index contributed by atoms with van der Waals surface area (Å²) in [5.41, 5.74) is 1.93. The van der Waals surface area contributed by atoms with E-state index in [0.717, 1.165) is 18.3 Å². The third kappa shape index (κ3) is 3.16. The molecule has 1 aliphatic heterocycles. The van der Waals surface area contributed by atoms with Gasteiger partial charge in [0, 0.05) is 17.2 Å². The van der Waals surface area contributed by atoms with Crippen molar-refractivity contribution in [1.29, 1.82) is 0 Å². The molecule has 0 saturated heterocycles. The molecule has 19 heavy (non-hydrogen) atoms. The summed E-state index contributed by atoms with van der Waals surface area (Å²) in [7, 11) is 0. The topological polar surface area (TPSA) is 24.4 Å². The normalized spacial score (nSPS) is 22.3. The fourth-order valence-electron chi connectivity index (χ4n) is 3.00. The summed E-state index contributed by atoms with van der Waals surface area (Å²) in [6.07, 6.45) is 7.03. The molecule has 1 aromatic heterocycles. The lowest BCUT2D eigenvalue weighted by atomic mass is 9.75. The van der Waals surface area contributed by atoms with Crippen LogP contribution in [0.25, 0.3) is 0 Å². The molecule has 1 N–H and O–H groups in total. The highest BCUT2D eigenvalue weighted by molar-refractivity contribution is 8.13. The van der Waals surface area contributed by atoms with Crippen LogP contribution in [0.1, 0.15) is 42.5 Å². The van der Waals surface area contributed by atoms with Gasteiger partial charge in [0.15, 0.2) is 5.17 Å². The molecule has 2 nitrogen and oxygen atoms in total. The molecule has 0 amide bonds. The highest BCUT2D eigenvalue weighted by atomic mass is 32.2. The number of nitrogens with zero attached hydrogens (tertiary/aromatic N) is 1. The largest absolute Gasteiger partial charge is 0.360 e. The lowest BCUT2D eigenvalue weighted by Gasteiger charge is -2.38. The van der Waals surface area contributed by atoms with Gasteiger partial charge in [0.1, 0.15) is 0 Å². The fraction of sp³-hybridized carbons (Fsp3) is 0.667. The maximum Gasteiger partial charge on any atom is 0.156 e. The maximum absolute atomic E-state index is 4.81. The molecule has 0 bridgehead atoms. The van der Waals surface area contributed by atoms with E-state index >= 15 is 0 Å². The number of aliphatic imine (C=N–C) groups is 1. The van der Waals surface area contributed by atoms with E-state index in [4.69, 9.17) is 4.99 Å². The van der Waals surface area contributed by atoms with Crippen molar-refractivity contribution in [2.24, 2.45) is 10.4 Å². The van der Waals surface area contributed by atoms with Crippen LogP contribution in [-0.4, -0.2) is 17.5 Å². The van der Waals surface area contributed by atoms with E-state index in [1.54, 1.807) is 0 Å². The van der Waals surface area contributed by atoms with E-state index in [9.17, 15) is 0 Å². The van der Waals surface area contributed by atoms with Gasteiger partial charge < -0.3 is 5.32 Å². The Bertz CT molecular complexity index is 458. The number of amidine groups is 1. The molecule has 1 aliphatic carbocycles. The Morgan fingerprint density at radius 2 is 2.16 bits per heavy atom. The third-order valence-electron chi connectivity index (χ3n) is 4.36. The number of hydrogen-bond acceptors (Lipinski definition) is 4. The molecule has 0 aromatic carbocycles. The number of thiophene rings is 1. The van der Waals surface area contributed by atoms with Gasteiger partial charge in [0.2, 0.25) is 0 Å². The molecule has 1 saturated carbocycles. The van der Waals surface area contributed by atoms with Gasteiger partial charge >= 0.3 is 0 Å². The Balaban J connectivity index is 1.55. The van der Waals surface area contributed by atoms with Crippen molar-refractivity contribution in [2.45, 2.75) is 45.6 Å². The van der Waals surface area contributed by atoms with Crippen molar-refractivity contribution < 1.29 is 0 Å². The van der Waals surface area contributed by atoms with Crippen molar-refractivity contribution >= 4 is 28.3 Å². The van der Waals surface area contributed by atoms with Crippen LogP contribution in [0.2, 0.25) is 0 Å². The SMILES string of the molecule is Cc1ccsc1CNC1=NCC2(CCCCC2)CS1. The zero-order valence-corrected chi connectivity index (χ0v) is 13.2. The van der Waals surface area contributed by atoms with Crippen LogP contribution in [0.3, 0.4) is 0 Å². The van der Waals surface area contributed by atoms with Crippen molar-refractivity contribution in [2.75, 3.05) is 12.3 Å². The van der Waals surface area contributed by atoms with Gasteiger partial charge in [0.05, 0.1) is 6.54 Å². The number of thioether (sulfide) groups is 1. The summed E-state index contributed by atoms with van der Waals surface area (Å²) in [5, 5.41) is 6.83. The minimum absolute atomic E-state index is 0.535. The minimum atomic E-state index is 0.535. The Kier molecular flexibility index (Phi) is 4.18. The molecule has 1 spiro atoms. The van der Waals surface area contributed by atoms with Crippen LogP contribution < -0.4 is 5.32 Å². The van der Waals surface area contributed by atoms with Crippen LogP contribution in [-0.2, 0) is 6.54 Å². The lowest BCUT2D eigenvalue weighted by molar-refractivity contribution is 0.232. The highest BCUT2D eigenvalue weighted by Gasteiger charge is 2.34. The summed E-state index contributed by atoms with van der Waals surface area (Å²) >= 11 is 3.77. The number of aryl methyl sites for hydroxylation is 1. The molecule has 0 atom stereocenters. The molecule has 0 radical (unpaired) electrons. The standard InChI is InChI=1S/C15H22N2S2/c1-12-5-8-18-13(12)9-16-14-17-10-15(11-19-14)6-3-2-4-7-15/h5,8H,2-4,6-7,9-11H2,1H3,(H,16,17). The van der Waals surface area contributed by atoms with Crippen molar-refractivity contribution in [1.82, 2.24) is 5.32 Å². The molecular weight excluding hydrogens is 272 g/mol.